The van der Waals surface area contributed by atoms with E-state index in [1.54, 1.807) is 48.5 Å². The smallest absolute Gasteiger partial charge is 0.281 e. The van der Waals surface area contributed by atoms with Crippen molar-refractivity contribution in [2.24, 2.45) is 0 Å². The predicted octanol–water partition coefficient (Wildman–Crippen LogP) is 2.59. The molecule has 0 aliphatic carbocycles. The summed E-state index contributed by atoms with van der Waals surface area (Å²) in [5.74, 6) is -0.571. The monoisotopic (exact) mass is 238 g/mol. The largest absolute Gasteiger partial charge is 0.282 e. The quantitative estimate of drug-likeness (QED) is 0.646. The Bertz CT molecular complexity index is 603. The third-order valence-electron chi connectivity index (χ3n) is 2.43. The number of hydrogen-bond acceptors (Lipinski definition) is 3. The molecular weight excluding hydrogens is 228 g/mol. The Balaban J connectivity index is 2.29. The topological polar surface area (TPSA) is 64.3 Å². The van der Waals surface area contributed by atoms with E-state index in [1.807, 2.05) is 6.07 Å². The predicted molar refractivity (Wildman–Crippen MR) is 66.2 cm³/mol. The van der Waals surface area contributed by atoms with Gasteiger partial charge in [0, 0.05) is 5.56 Å². The van der Waals surface area contributed by atoms with Crippen LogP contribution in [0.15, 0.2) is 54.6 Å². The zero-order valence-corrected chi connectivity index (χ0v) is 9.45. The molecule has 0 saturated carbocycles. The molecule has 2 aromatic carbocycles. The van der Waals surface area contributed by atoms with E-state index >= 15 is 0 Å². The number of hydroxylamine groups is 1. The van der Waals surface area contributed by atoms with Gasteiger partial charge in [0.15, 0.2) is 0 Å². The van der Waals surface area contributed by atoms with Crippen LogP contribution in [0, 0.1) is 11.3 Å². The number of carbonyl (C=O) groups excluding carboxylic acids is 1. The lowest BCUT2D eigenvalue weighted by Gasteiger charge is -2.14. The van der Waals surface area contributed by atoms with Crippen LogP contribution in [-0.2, 0) is 0 Å². The Labute approximate surface area is 104 Å². The van der Waals surface area contributed by atoms with Gasteiger partial charge >= 0.3 is 0 Å². The number of nitriles is 1. The van der Waals surface area contributed by atoms with E-state index in [-0.39, 0.29) is 5.56 Å². The van der Waals surface area contributed by atoms with E-state index < -0.39 is 5.91 Å². The molecule has 0 heterocycles. The van der Waals surface area contributed by atoms with Crippen molar-refractivity contribution >= 4 is 11.6 Å². The maximum Gasteiger partial charge on any atom is 0.282 e. The normalized spacial score (nSPS) is 9.56. The molecule has 1 N–H and O–H groups in total. The van der Waals surface area contributed by atoms with Crippen molar-refractivity contribution in [3.63, 3.8) is 0 Å². The summed E-state index contributed by atoms with van der Waals surface area (Å²) in [7, 11) is 0. The summed E-state index contributed by atoms with van der Waals surface area (Å²) in [6.45, 7) is 0. The summed E-state index contributed by atoms with van der Waals surface area (Å²) >= 11 is 0. The van der Waals surface area contributed by atoms with Gasteiger partial charge in [0.1, 0.15) is 0 Å². The average molecular weight is 238 g/mol. The van der Waals surface area contributed by atoms with Gasteiger partial charge < -0.3 is 0 Å². The second-order valence-electron chi connectivity index (χ2n) is 3.65. The van der Waals surface area contributed by atoms with Crippen molar-refractivity contribution in [2.45, 2.75) is 0 Å². The molecule has 0 aliphatic heterocycles. The van der Waals surface area contributed by atoms with Gasteiger partial charge in [-0.2, -0.15) is 10.3 Å². The van der Waals surface area contributed by atoms with Crippen LogP contribution in [0.5, 0.6) is 0 Å². The number of nitrogens with zero attached hydrogens (tertiary/aromatic N) is 2. The Morgan fingerprint density at radius 1 is 1.11 bits per heavy atom. The SMILES string of the molecule is N#Cc1cccc(C(=O)N(O)c2ccccc2)c1. The standard InChI is InChI=1S/C14H10N2O2/c15-10-11-5-4-6-12(9-11)14(17)16(18)13-7-2-1-3-8-13/h1-9,18H. The summed E-state index contributed by atoms with van der Waals surface area (Å²) in [6, 6.07) is 16.6. The summed E-state index contributed by atoms with van der Waals surface area (Å²) in [5, 5.41) is 19.1. The van der Waals surface area contributed by atoms with Crippen LogP contribution >= 0.6 is 0 Å². The van der Waals surface area contributed by atoms with Crippen LogP contribution in [0.3, 0.4) is 0 Å². The van der Waals surface area contributed by atoms with Crippen molar-refractivity contribution in [1.29, 1.82) is 5.26 Å². The molecule has 0 atom stereocenters. The van der Waals surface area contributed by atoms with E-state index in [2.05, 4.69) is 0 Å². The molecular formula is C14H10N2O2. The van der Waals surface area contributed by atoms with Crippen LogP contribution < -0.4 is 5.06 Å². The zero-order valence-electron chi connectivity index (χ0n) is 9.45. The molecule has 0 bridgehead atoms. The number of amides is 1. The van der Waals surface area contributed by atoms with Gasteiger partial charge in [0.2, 0.25) is 0 Å². The maximum atomic E-state index is 12.0. The minimum atomic E-state index is -0.571. The summed E-state index contributed by atoms with van der Waals surface area (Å²) < 4.78 is 0. The van der Waals surface area contributed by atoms with Gasteiger partial charge in [-0.15, -0.1) is 0 Å². The fraction of sp³-hybridized carbons (Fsp3) is 0. The van der Waals surface area contributed by atoms with Crippen molar-refractivity contribution in [3.8, 4) is 6.07 Å². The Kier molecular flexibility index (Phi) is 3.37. The second kappa shape index (κ2) is 5.13. The molecule has 0 saturated heterocycles. The molecule has 0 aliphatic rings. The lowest BCUT2D eigenvalue weighted by Crippen LogP contribution is -2.26. The molecule has 2 rings (SSSR count). The van der Waals surface area contributed by atoms with Crippen LogP contribution in [0.25, 0.3) is 0 Å². The number of benzene rings is 2. The van der Waals surface area contributed by atoms with Crippen LogP contribution in [-0.4, -0.2) is 11.1 Å². The Hall–Kier alpha value is -2.64. The summed E-state index contributed by atoms with van der Waals surface area (Å²) in [5.41, 5.74) is 1.02. The molecule has 88 valence electrons. The van der Waals surface area contributed by atoms with Gasteiger partial charge in [-0.3, -0.25) is 10.0 Å². The first-order valence-electron chi connectivity index (χ1n) is 5.31. The van der Waals surface area contributed by atoms with Crippen LogP contribution in [0.4, 0.5) is 5.69 Å². The first-order chi connectivity index (χ1) is 8.72. The Morgan fingerprint density at radius 2 is 1.83 bits per heavy atom. The Morgan fingerprint density at radius 3 is 2.50 bits per heavy atom. The van der Waals surface area contributed by atoms with E-state index in [4.69, 9.17) is 5.26 Å². The molecule has 0 aromatic heterocycles. The van der Waals surface area contributed by atoms with Gasteiger partial charge in [0.05, 0.1) is 17.3 Å². The van der Waals surface area contributed by atoms with Gasteiger partial charge in [-0.05, 0) is 30.3 Å². The van der Waals surface area contributed by atoms with Crippen molar-refractivity contribution in [3.05, 3.63) is 65.7 Å². The third kappa shape index (κ3) is 2.37. The fourth-order valence-electron chi connectivity index (χ4n) is 1.53. The van der Waals surface area contributed by atoms with E-state index in [0.717, 1.165) is 0 Å². The van der Waals surface area contributed by atoms with Crippen molar-refractivity contribution in [1.82, 2.24) is 0 Å². The average Bonchev–Trinajstić information content (AvgIpc) is 2.46. The molecule has 4 heteroatoms. The van der Waals surface area contributed by atoms with Gasteiger partial charge in [-0.25, -0.2) is 0 Å². The number of hydrogen-bond donors (Lipinski definition) is 1. The molecule has 1 amide bonds. The third-order valence-corrected chi connectivity index (χ3v) is 2.43. The first kappa shape index (κ1) is 11.8. The van der Waals surface area contributed by atoms with Crippen LogP contribution in [0.2, 0.25) is 0 Å². The van der Waals surface area contributed by atoms with Crippen molar-refractivity contribution in [2.75, 3.05) is 5.06 Å². The molecule has 0 fully saturated rings. The summed E-state index contributed by atoms with van der Waals surface area (Å²) in [4.78, 5) is 12.0. The second-order valence-corrected chi connectivity index (χ2v) is 3.65. The van der Waals surface area contributed by atoms with E-state index in [9.17, 15) is 10.0 Å². The highest BCUT2D eigenvalue weighted by molar-refractivity contribution is 6.04. The molecule has 0 unspecified atom stereocenters. The number of carbonyl (C=O) groups is 1. The lowest BCUT2D eigenvalue weighted by molar-refractivity contribution is 0.0854. The maximum absolute atomic E-state index is 12.0. The molecule has 2 aromatic rings. The minimum absolute atomic E-state index is 0.264. The van der Waals surface area contributed by atoms with Gasteiger partial charge in [0.25, 0.3) is 5.91 Å². The number of para-hydroxylation sites is 1. The first-order valence-corrected chi connectivity index (χ1v) is 5.31. The summed E-state index contributed by atoms with van der Waals surface area (Å²) in [6.07, 6.45) is 0. The zero-order chi connectivity index (χ0) is 13.0. The van der Waals surface area contributed by atoms with Crippen LogP contribution in [0.1, 0.15) is 15.9 Å². The number of rotatable bonds is 2. The highest BCUT2D eigenvalue weighted by Crippen LogP contribution is 2.15. The molecule has 0 spiro atoms. The molecule has 0 radical (unpaired) electrons. The highest BCUT2D eigenvalue weighted by atomic mass is 16.5. The highest BCUT2D eigenvalue weighted by Gasteiger charge is 2.15. The van der Waals surface area contributed by atoms with E-state index in [1.165, 1.54) is 6.07 Å². The van der Waals surface area contributed by atoms with Gasteiger partial charge in [-0.1, -0.05) is 24.3 Å². The minimum Gasteiger partial charge on any atom is -0.281 e. The molecule has 18 heavy (non-hydrogen) atoms. The van der Waals surface area contributed by atoms with E-state index in [0.29, 0.717) is 16.3 Å². The van der Waals surface area contributed by atoms with Crippen molar-refractivity contribution < 1.29 is 10.0 Å². The lowest BCUT2D eigenvalue weighted by atomic mass is 10.1. The fourth-order valence-corrected chi connectivity index (χ4v) is 1.53. The number of anilines is 1. The molecule has 4 nitrogen and oxygen atoms in total.